The molecule has 1 aliphatic rings. The Morgan fingerprint density at radius 3 is 1.51 bits per heavy atom. The Balaban J connectivity index is 1.66. The number of carbonyl (C=O) groups is 3. The molecule has 1 aliphatic heterocycles. The van der Waals surface area contributed by atoms with Gasteiger partial charge in [0.2, 0.25) is 0 Å². The molecule has 7 nitrogen and oxygen atoms in total. The number of nitrogens with zero attached hydrogens (tertiary/aromatic N) is 4. The Bertz CT molecular complexity index is 1390. The second-order valence-electron chi connectivity index (χ2n) is 8.12. The van der Waals surface area contributed by atoms with Gasteiger partial charge >= 0.3 is 6.03 Å². The van der Waals surface area contributed by atoms with Crippen LogP contribution in [0.5, 0.6) is 0 Å². The van der Waals surface area contributed by atoms with Gasteiger partial charge in [0.15, 0.2) is 0 Å². The Kier molecular flexibility index (Phi) is 5.58. The summed E-state index contributed by atoms with van der Waals surface area (Å²) < 4.78 is 1.77. The quantitative estimate of drug-likeness (QED) is 0.313. The van der Waals surface area contributed by atoms with Crippen molar-refractivity contribution in [3.8, 4) is 5.69 Å². The summed E-state index contributed by atoms with van der Waals surface area (Å²) in [4.78, 5) is 42.7. The zero-order chi connectivity index (χ0) is 24.5. The van der Waals surface area contributed by atoms with Crippen molar-refractivity contribution in [3.63, 3.8) is 0 Å². The molecule has 7 heteroatoms. The van der Waals surface area contributed by atoms with Crippen LogP contribution in [-0.4, -0.2) is 27.6 Å². The predicted octanol–water partition coefficient (Wildman–Crippen LogP) is 5.07. The number of barbiturate groups is 1. The van der Waals surface area contributed by atoms with Crippen LogP contribution in [0.3, 0.4) is 0 Å². The van der Waals surface area contributed by atoms with Crippen molar-refractivity contribution in [1.82, 2.24) is 9.78 Å². The molecule has 1 saturated heterocycles. The van der Waals surface area contributed by atoms with Crippen LogP contribution < -0.4 is 9.80 Å². The van der Waals surface area contributed by atoms with Crippen LogP contribution in [0.1, 0.15) is 17.0 Å². The van der Waals surface area contributed by atoms with Crippen LogP contribution in [0.2, 0.25) is 0 Å². The third kappa shape index (κ3) is 3.83. The SMILES string of the molecule is Cc1nn(-c2ccccc2)c(C)c1C=C1C(=O)N(c2ccccc2)C(=O)N(c2ccccc2)C1=O. The van der Waals surface area contributed by atoms with Gasteiger partial charge in [0.25, 0.3) is 11.8 Å². The predicted molar refractivity (Wildman–Crippen MR) is 134 cm³/mol. The lowest BCUT2D eigenvalue weighted by Gasteiger charge is -2.33. The maximum absolute atomic E-state index is 13.6. The average Bonchev–Trinajstić information content (AvgIpc) is 3.16. The number of para-hydroxylation sites is 3. The molecule has 3 aromatic carbocycles. The van der Waals surface area contributed by atoms with Gasteiger partial charge in [-0.05, 0) is 56.3 Å². The number of carbonyl (C=O) groups excluding carboxylic acids is 3. The third-order valence-electron chi connectivity index (χ3n) is 5.92. The number of anilines is 2. The van der Waals surface area contributed by atoms with Gasteiger partial charge in [-0.2, -0.15) is 5.10 Å². The molecule has 0 N–H and O–H groups in total. The van der Waals surface area contributed by atoms with Gasteiger partial charge in [-0.3, -0.25) is 9.59 Å². The van der Waals surface area contributed by atoms with E-state index in [0.29, 0.717) is 22.6 Å². The van der Waals surface area contributed by atoms with E-state index in [0.717, 1.165) is 21.2 Å². The van der Waals surface area contributed by atoms with Gasteiger partial charge in [-0.1, -0.05) is 54.6 Å². The number of aromatic nitrogens is 2. The zero-order valence-corrected chi connectivity index (χ0v) is 19.3. The first-order valence-corrected chi connectivity index (χ1v) is 11.1. The first-order chi connectivity index (χ1) is 17.0. The second-order valence-corrected chi connectivity index (χ2v) is 8.12. The molecular weight excluding hydrogens is 440 g/mol. The van der Waals surface area contributed by atoms with E-state index < -0.39 is 17.8 Å². The molecule has 1 fully saturated rings. The third-order valence-corrected chi connectivity index (χ3v) is 5.92. The molecule has 0 unspecified atom stereocenters. The van der Waals surface area contributed by atoms with Crippen LogP contribution >= 0.6 is 0 Å². The molecule has 1 aromatic heterocycles. The van der Waals surface area contributed by atoms with E-state index in [1.165, 1.54) is 0 Å². The minimum Gasteiger partial charge on any atom is -0.268 e. The summed E-state index contributed by atoms with van der Waals surface area (Å²) in [5, 5.41) is 4.62. The highest BCUT2D eigenvalue weighted by atomic mass is 16.2. The van der Waals surface area contributed by atoms with Gasteiger partial charge in [0, 0.05) is 11.3 Å². The van der Waals surface area contributed by atoms with E-state index in [4.69, 9.17) is 0 Å². The maximum Gasteiger partial charge on any atom is 0.343 e. The Hall–Kier alpha value is -4.78. The molecule has 172 valence electrons. The zero-order valence-electron chi connectivity index (χ0n) is 19.3. The fourth-order valence-corrected chi connectivity index (χ4v) is 4.17. The topological polar surface area (TPSA) is 75.5 Å². The minimum absolute atomic E-state index is 0.115. The van der Waals surface area contributed by atoms with Crippen LogP contribution in [0.15, 0.2) is 96.6 Å². The molecule has 5 rings (SSSR count). The van der Waals surface area contributed by atoms with Gasteiger partial charge in [0.1, 0.15) is 5.57 Å². The lowest BCUT2D eigenvalue weighted by atomic mass is 10.0. The van der Waals surface area contributed by atoms with Gasteiger partial charge in [-0.15, -0.1) is 0 Å². The lowest BCUT2D eigenvalue weighted by Crippen LogP contribution is -2.57. The number of hydrogen-bond donors (Lipinski definition) is 0. The second kappa shape index (κ2) is 8.87. The van der Waals surface area contributed by atoms with Gasteiger partial charge in [-0.25, -0.2) is 19.3 Å². The van der Waals surface area contributed by atoms with Crippen molar-refractivity contribution in [3.05, 3.63) is 114 Å². The molecule has 0 radical (unpaired) electrons. The smallest absolute Gasteiger partial charge is 0.268 e. The number of amides is 4. The fraction of sp³-hybridized carbons (Fsp3) is 0.0714. The van der Waals surface area contributed by atoms with Crippen molar-refractivity contribution in [2.75, 3.05) is 9.80 Å². The Morgan fingerprint density at radius 1 is 0.629 bits per heavy atom. The summed E-state index contributed by atoms with van der Waals surface area (Å²) >= 11 is 0. The molecule has 0 spiro atoms. The molecule has 35 heavy (non-hydrogen) atoms. The van der Waals surface area contributed by atoms with Crippen molar-refractivity contribution in [2.24, 2.45) is 0 Å². The molecule has 0 atom stereocenters. The number of aryl methyl sites for hydroxylation is 1. The standard InChI is InChI=1S/C28H22N4O3/c1-19-24(20(2)32(29-19)23-16-10-5-11-17-23)18-25-26(33)30(21-12-6-3-7-13-21)28(35)31(27(25)34)22-14-8-4-9-15-22/h3-18H,1-2H3. The first-order valence-electron chi connectivity index (χ1n) is 11.1. The maximum atomic E-state index is 13.6. The van der Waals surface area contributed by atoms with E-state index in [2.05, 4.69) is 5.10 Å². The summed E-state index contributed by atoms with van der Waals surface area (Å²) in [5.41, 5.74) is 3.61. The van der Waals surface area contributed by atoms with E-state index >= 15 is 0 Å². The minimum atomic E-state index is -0.719. The summed E-state index contributed by atoms with van der Waals surface area (Å²) in [6.45, 7) is 3.71. The summed E-state index contributed by atoms with van der Waals surface area (Å²) in [5.74, 6) is -1.35. The number of urea groups is 1. The molecular formula is C28H22N4O3. The number of hydrogen-bond acceptors (Lipinski definition) is 4. The van der Waals surface area contributed by atoms with Gasteiger partial charge < -0.3 is 0 Å². The Morgan fingerprint density at radius 2 is 1.06 bits per heavy atom. The van der Waals surface area contributed by atoms with Crippen molar-refractivity contribution < 1.29 is 14.4 Å². The normalized spacial score (nSPS) is 14.0. The highest BCUT2D eigenvalue weighted by molar-refractivity contribution is 6.46. The summed E-state index contributed by atoms with van der Waals surface area (Å²) in [6, 6.07) is 26.1. The first kappa shape index (κ1) is 22.0. The molecule has 2 heterocycles. The average molecular weight is 463 g/mol. The van der Waals surface area contributed by atoms with Crippen LogP contribution in [0.4, 0.5) is 16.2 Å². The van der Waals surface area contributed by atoms with E-state index in [9.17, 15) is 14.4 Å². The molecule has 4 aromatic rings. The lowest BCUT2D eigenvalue weighted by molar-refractivity contribution is -0.121. The van der Waals surface area contributed by atoms with Crippen LogP contribution in [0.25, 0.3) is 11.8 Å². The summed E-state index contributed by atoms with van der Waals surface area (Å²) in [7, 11) is 0. The molecule has 0 saturated carbocycles. The number of benzene rings is 3. The number of imide groups is 2. The fourth-order valence-electron chi connectivity index (χ4n) is 4.17. The Labute approximate surface area is 202 Å². The van der Waals surface area contributed by atoms with Crippen LogP contribution in [0, 0.1) is 13.8 Å². The molecule has 0 bridgehead atoms. The van der Waals surface area contributed by atoms with E-state index in [-0.39, 0.29) is 5.57 Å². The van der Waals surface area contributed by atoms with Gasteiger partial charge in [0.05, 0.1) is 22.8 Å². The van der Waals surface area contributed by atoms with Crippen molar-refractivity contribution >= 4 is 35.3 Å². The molecule has 0 aliphatic carbocycles. The van der Waals surface area contributed by atoms with E-state index in [1.54, 1.807) is 71.4 Å². The highest BCUT2D eigenvalue weighted by Gasteiger charge is 2.43. The largest absolute Gasteiger partial charge is 0.343 e. The van der Waals surface area contributed by atoms with Crippen LogP contribution in [-0.2, 0) is 9.59 Å². The monoisotopic (exact) mass is 462 g/mol. The summed E-state index contributed by atoms with van der Waals surface area (Å²) in [6.07, 6.45) is 1.54. The molecule has 4 amide bonds. The number of rotatable bonds is 4. The van der Waals surface area contributed by atoms with Crippen molar-refractivity contribution in [2.45, 2.75) is 13.8 Å². The highest BCUT2D eigenvalue weighted by Crippen LogP contribution is 2.30. The van der Waals surface area contributed by atoms with E-state index in [1.807, 2.05) is 44.2 Å². The van der Waals surface area contributed by atoms with Crippen molar-refractivity contribution in [1.29, 1.82) is 0 Å².